The van der Waals surface area contributed by atoms with Gasteiger partial charge in [-0.05, 0) is 48.7 Å². The van der Waals surface area contributed by atoms with Gasteiger partial charge in [0.05, 0.1) is 23.6 Å². The zero-order valence-corrected chi connectivity index (χ0v) is 24.4. The highest BCUT2D eigenvalue weighted by molar-refractivity contribution is 7.89. The van der Waals surface area contributed by atoms with E-state index in [1.54, 1.807) is 23.5 Å². The fourth-order valence-electron chi connectivity index (χ4n) is 5.11. The average Bonchev–Trinajstić information content (AvgIpc) is 2.99. The van der Waals surface area contributed by atoms with Crippen LogP contribution in [-0.4, -0.2) is 60.9 Å². The highest BCUT2D eigenvalue weighted by Crippen LogP contribution is 2.28. The molecule has 1 aromatic heterocycles. The van der Waals surface area contributed by atoms with Crippen LogP contribution in [0.1, 0.15) is 49.7 Å². The third kappa shape index (κ3) is 5.82. The molecule has 1 aliphatic rings. The molecule has 8 nitrogen and oxygen atoms in total. The van der Waals surface area contributed by atoms with E-state index in [-0.39, 0.29) is 6.04 Å². The summed E-state index contributed by atoms with van der Waals surface area (Å²) in [7, 11) is -1.87. The van der Waals surface area contributed by atoms with Crippen LogP contribution in [-0.2, 0) is 16.6 Å². The number of nitrogens with zero attached hydrogens (tertiary/aromatic N) is 4. The second kappa shape index (κ2) is 11.9. The highest BCUT2D eigenvalue weighted by Gasteiger charge is 2.31. The maximum absolute atomic E-state index is 13.3. The lowest BCUT2D eigenvalue weighted by Crippen LogP contribution is -2.49. The molecule has 1 aliphatic heterocycles. The number of hydrogen-bond donors (Lipinski definition) is 1. The number of aromatic nitrogens is 2. The Labute approximate surface area is 237 Å². The van der Waals surface area contributed by atoms with Gasteiger partial charge in [-0.25, -0.2) is 18.4 Å². The van der Waals surface area contributed by atoms with E-state index in [1.807, 2.05) is 60.7 Å². The summed E-state index contributed by atoms with van der Waals surface area (Å²) in [6.45, 7) is 8.90. The van der Waals surface area contributed by atoms with E-state index < -0.39 is 10.0 Å². The van der Waals surface area contributed by atoms with Gasteiger partial charge in [-0.3, -0.25) is 4.90 Å². The molecule has 3 aromatic carbocycles. The van der Waals surface area contributed by atoms with Crippen molar-refractivity contribution in [3.63, 3.8) is 0 Å². The van der Waals surface area contributed by atoms with E-state index in [0.717, 1.165) is 33.6 Å². The number of ether oxygens (including phenoxy) is 1. The van der Waals surface area contributed by atoms with Gasteiger partial charge in [0.15, 0.2) is 0 Å². The molecule has 0 aliphatic carbocycles. The molecule has 0 bridgehead atoms. The van der Waals surface area contributed by atoms with Crippen LogP contribution in [0.5, 0.6) is 5.75 Å². The summed E-state index contributed by atoms with van der Waals surface area (Å²) in [6, 6.07) is 23.1. The van der Waals surface area contributed by atoms with E-state index in [9.17, 15) is 8.42 Å². The van der Waals surface area contributed by atoms with Crippen LogP contribution in [0.15, 0.2) is 77.7 Å². The van der Waals surface area contributed by atoms with E-state index >= 15 is 0 Å². The molecule has 40 heavy (non-hydrogen) atoms. The van der Waals surface area contributed by atoms with Crippen molar-refractivity contribution >= 4 is 26.7 Å². The minimum absolute atomic E-state index is 0.0772. The molecule has 0 radical (unpaired) electrons. The molecule has 9 heteroatoms. The summed E-state index contributed by atoms with van der Waals surface area (Å²) in [4.78, 5) is 12.4. The van der Waals surface area contributed by atoms with Gasteiger partial charge in [0, 0.05) is 43.7 Å². The first kappa shape index (κ1) is 28.0. The van der Waals surface area contributed by atoms with Crippen molar-refractivity contribution in [2.75, 3.05) is 38.6 Å². The van der Waals surface area contributed by atoms with Crippen molar-refractivity contribution < 1.29 is 13.2 Å². The quantitative estimate of drug-likeness (QED) is 0.292. The monoisotopic (exact) mass is 559 g/mol. The largest absolute Gasteiger partial charge is 0.496 e. The predicted octanol–water partition coefficient (Wildman–Crippen LogP) is 5.44. The van der Waals surface area contributed by atoms with Gasteiger partial charge in [0.1, 0.15) is 17.4 Å². The van der Waals surface area contributed by atoms with E-state index in [0.29, 0.717) is 49.4 Å². The van der Waals surface area contributed by atoms with Crippen molar-refractivity contribution in [3.8, 4) is 5.75 Å². The number of hydrogen-bond acceptors (Lipinski definition) is 7. The normalized spacial score (nSPS) is 15.8. The standard InChI is InChI=1S/C31H37N5O3S/c1-22(2)24-13-15-26(16-14-24)40(37,38)36-19-17-35(18-20-36)23(3)30-33-28-11-7-6-10-27(28)31(34-30)32-21-25-9-5-8-12-29(25)39-4/h5-16,22-23H,17-21H2,1-4H3,(H,32,33,34)/t23-/m0/s1. The number of methoxy groups -OCH3 is 1. The van der Waals surface area contributed by atoms with Crippen molar-refractivity contribution in [1.82, 2.24) is 19.2 Å². The van der Waals surface area contributed by atoms with Gasteiger partial charge >= 0.3 is 0 Å². The highest BCUT2D eigenvalue weighted by atomic mass is 32.2. The number of rotatable bonds is 9. The van der Waals surface area contributed by atoms with Crippen molar-refractivity contribution in [2.24, 2.45) is 0 Å². The Morgan fingerprint density at radius 2 is 1.55 bits per heavy atom. The molecular weight excluding hydrogens is 522 g/mol. The van der Waals surface area contributed by atoms with Crippen molar-refractivity contribution in [1.29, 1.82) is 0 Å². The number of sulfonamides is 1. The smallest absolute Gasteiger partial charge is 0.243 e. The molecule has 1 atom stereocenters. The van der Waals surface area contributed by atoms with Crippen LogP contribution >= 0.6 is 0 Å². The number of benzene rings is 3. The number of fused-ring (bicyclic) bond motifs is 1. The molecule has 1 N–H and O–H groups in total. The summed E-state index contributed by atoms with van der Waals surface area (Å²) in [5.74, 6) is 2.66. The van der Waals surface area contributed by atoms with Crippen LogP contribution in [0.4, 0.5) is 5.82 Å². The first-order valence-corrected chi connectivity index (χ1v) is 15.2. The molecular formula is C31H37N5O3S. The lowest BCUT2D eigenvalue weighted by Gasteiger charge is -2.37. The van der Waals surface area contributed by atoms with Gasteiger partial charge in [-0.15, -0.1) is 0 Å². The maximum Gasteiger partial charge on any atom is 0.243 e. The van der Waals surface area contributed by atoms with Gasteiger partial charge in [-0.1, -0.05) is 56.3 Å². The van der Waals surface area contributed by atoms with Gasteiger partial charge < -0.3 is 10.1 Å². The van der Waals surface area contributed by atoms with Crippen LogP contribution in [0.2, 0.25) is 0 Å². The molecule has 0 unspecified atom stereocenters. The Balaban J connectivity index is 1.31. The number of piperazine rings is 1. The summed E-state index contributed by atoms with van der Waals surface area (Å²) < 4.78 is 33.7. The lowest BCUT2D eigenvalue weighted by atomic mass is 10.0. The minimum Gasteiger partial charge on any atom is -0.496 e. The molecule has 4 aromatic rings. The topological polar surface area (TPSA) is 87.7 Å². The molecule has 0 amide bonds. The number of anilines is 1. The summed E-state index contributed by atoms with van der Waals surface area (Å²) in [6.07, 6.45) is 0. The van der Waals surface area contributed by atoms with E-state index in [1.165, 1.54) is 0 Å². The van der Waals surface area contributed by atoms with Gasteiger partial charge in [0.25, 0.3) is 0 Å². The fraction of sp³-hybridized carbons (Fsp3) is 0.355. The Hall–Kier alpha value is -3.53. The van der Waals surface area contributed by atoms with Crippen LogP contribution in [0.3, 0.4) is 0 Å². The third-order valence-corrected chi connectivity index (χ3v) is 9.55. The first-order valence-electron chi connectivity index (χ1n) is 13.7. The molecule has 1 fully saturated rings. The Morgan fingerprint density at radius 3 is 2.25 bits per heavy atom. The fourth-order valence-corrected chi connectivity index (χ4v) is 6.53. The predicted molar refractivity (Wildman–Crippen MR) is 159 cm³/mol. The Kier molecular flexibility index (Phi) is 8.35. The van der Waals surface area contributed by atoms with E-state index in [4.69, 9.17) is 14.7 Å². The second-order valence-electron chi connectivity index (χ2n) is 10.5. The first-order chi connectivity index (χ1) is 19.3. The number of para-hydroxylation sites is 2. The minimum atomic E-state index is -3.54. The molecule has 210 valence electrons. The van der Waals surface area contributed by atoms with Gasteiger partial charge in [-0.2, -0.15) is 4.31 Å². The van der Waals surface area contributed by atoms with Crippen LogP contribution in [0.25, 0.3) is 10.9 Å². The van der Waals surface area contributed by atoms with Crippen molar-refractivity contribution in [2.45, 2.75) is 44.2 Å². The zero-order valence-electron chi connectivity index (χ0n) is 23.5. The molecule has 5 rings (SSSR count). The number of nitrogens with one attached hydrogen (secondary N) is 1. The summed E-state index contributed by atoms with van der Waals surface area (Å²) in [5, 5.41) is 4.45. The molecule has 1 saturated heterocycles. The SMILES string of the molecule is COc1ccccc1CNc1nc([C@H](C)N2CCN(S(=O)(=O)c3ccc(C(C)C)cc3)CC2)nc2ccccc12. The second-order valence-corrected chi connectivity index (χ2v) is 12.4. The van der Waals surface area contributed by atoms with Crippen LogP contribution < -0.4 is 10.1 Å². The molecule has 0 spiro atoms. The lowest BCUT2D eigenvalue weighted by molar-refractivity contribution is 0.141. The van der Waals surface area contributed by atoms with Crippen molar-refractivity contribution in [3.05, 3.63) is 89.7 Å². The van der Waals surface area contributed by atoms with Crippen LogP contribution in [0, 0.1) is 0 Å². The maximum atomic E-state index is 13.3. The summed E-state index contributed by atoms with van der Waals surface area (Å²) >= 11 is 0. The van der Waals surface area contributed by atoms with Gasteiger partial charge in [0.2, 0.25) is 10.0 Å². The molecule has 0 saturated carbocycles. The average molecular weight is 560 g/mol. The Bertz CT molecular complexity index is 1570. The third-order valence-electron chi connectivity index (χ3n) is 7.64. The molecule has 2 heterocycles. The zero-order chi connectivity index (χ0) is 28.3. The van der Waals surface area contributed by atoms with E-state index in [2.05, 4.69) is 31.0 Å². The summed E-state index contributed by atoms with van der Waals surface area (Å²) in [5.41, 5.74) is 3.04. The Morgan fingerprint density at radius 1 is 0.875 bits per heavy atom.